The second kappa shape index (κ2) is 7.54. The molecule has 1 aromatic carbocycles. The van der Waals surface area contributed by atoms with Crippen molar-refractivity contribution in [3.05, 3.63) is 48.0 Å². The van der Waals surface area contributed by atoms with Crippen LogP contribution in [-0.4, -0.2) is 55.7 Å². The van der Waals surface area contributed by atoms with E-state index in [1.54, 1.807) is 0 Å². The topological polar surface area (TPSA) is 102 Å². The van der Waals surface area contributed by atoms with E-state index in [-0.39, 0.29) is 12.1 Å². The average Bonchev–Trinajstić information content (AvgIpc) is 3.21. The summed E-state index contributed by atoms with van der Waals surface area (Å²) < 4.78 is 14.0. The van der Waals surface area contributed by atoms with Gasteiger partial charge in [-0.25, -0.2) is 9.97 Å². The molecule has 8 nitrogen and oxygen atoms in total. The standard InChI is InChI=1S/C22H26N4O4/c1-12-10-29-17-4-3-5-18(15(17)9-23-12)30-19-8-16(20(27)21(19)28)26-7-6-14-13(2)24-11-25-22(14)26/h3-7,11-12,16,19-21,23,27-28H,8-10H2,1-2H3. The van der Waals surface area contributed by atoms with Crippen LogP contribution in [-0.2, 0) is 6.54 Å². The molecule has 3 aromatic rings. The summed E-state index contributed by atoms with van der Waals surface area (Å²) in [7, 11) is 0. The molecule has 1 aliphatic carbocycles. The van der Waals surface area contributed by atoms with Crippen LogP contribution in [0.2, 0.25) is 0 Å². The molecule has 0 spiro atoms. The van der Waals surface area contributed by atoms with Crippen LogP contribution in [0.25, 0.3) is 11.0 Å². The van der Waals surface area contributed by atoms with Gasteiger partial charge in [-0.2, -0.15) is 0 Å². The number of nitrogens with one attached hydrogen (secondary N) is 1. The van der Waals surface area contributed by atoms with E-state index in [4.69, 9.17) is 9.47 Å². The summed E-state index contributed by atoms with van der Waals surface area (Å²) in [6.07, 6.45) is 1.36. The Kier molecular flexibility index (Phi) is 4.85. The van der Waals surface area contributed by atoms with Crippen LogP contribution in [0, 0.1) is 6.92 Å². The molecule has 5 atom stereocenters. The Hall–Kier alpha value is -2.68. The lowest BCUT2D eigenvalue weighted by molar-refractivity contribution is -0.0166. The molecule has 5 unspecified atom stereocenters. The Morgan fingerprint density at radius 2 is 2.07 bits per heavy atom. The summed E-state index contributed by atoms with van der Waals surface area (Å²) in [5, 5.41) is 25.9. The minimum absolute atomic E-state index is 0.237. The molecule has 158 valence electrons. The van der Waals surface area contributed by atoms with Crippen LogP contribution in [0.15, 0.2) is 36.8 Å². The fourth-order valence-electron chi connectivity index (χ4n) is 4.40. The van der Waals surface area contributed by atoms with E-state index in [1.807, 2.05) is 42.0 Å². The number of rotatable bonds is 3. The highest BCUT2D eigenvalue weighted by molar-refractivity contribution is 5.78. The molecule has 30 heavy (non-hydrogen) atoms. The molecule has 5 rings (SSSR count). The lowest BCUT2D eigenvalue weighted by Gasteiger charge is -2.21. The maximum Gasteiger partial charge on any atom is 0.143 e. The first-order chi connectivity index (χ1) is 14.5. The normalized spacial score (nSPS) is 28.7. The number of ether oxygens (including phenoxy) is 2. The largest absolute Gasteiger partial charge is 0.491 e. The Bertz CT molecular complexity index is 1070. The smallest absolute Gasteiger partial charge is 0.143 e. The quantitative estimate of drug-likeness (QED) is 0.604. The van der Waals surface area contributed by atoms with E-state index >= 15 is 0 Å². The van der Waals surface area contributed by atoms with Crippen LogP contribution >= 0.6 is 0 Å². The summed E-state index contributed by atoms with van der Waals surface area (Å²) in [6, 6.07) is 7.54. The van der Waals surface area contributed by atoms with Crippen molar-refractivity contribution >= 4 is 11.0 Å². The number of aromatic nitrogens is 3. The Morgan fingerprint density at radius 3 is 2.93 bits per heavy atom. The SMILES string of the molecule is Cc1ncnc2c1ccn2C1CC(Oc2cccc3c2CNC(C)CO3)C(O)C1O. The molecule has 2 aromatic heterocycles. The number of aliphatic hydroxyl groups is 2. The number of aryl methyl sites for hydroxylation is 1. The number of hydrogen-bond donors (Lipinski definition) is 3. The predicted octanol–water partition coefficient (Wildman–Crippen LogP) is 1.72. The van der Waals surface area contributed by atoms with Crippen molar-refractivity contribution in [2.75, 3.05) is 6.61 Å². The van der Waals surface area contributed by atoms with Crippen molar-refractivity contribution in [3.8, 4) is 11.5 Å². The van der Waals surface area contributed by atoms with Gasteiger partial charge in [0.15, 0.2) is 0 Å². The maximum absolute atomic E-state index is 10.8. The second-order valence-electron chi connectivity index (χ2n) is 8.19. The van der Waals surface area contributed by atoms with E-state index in [1.165, 1.54) is 6.33 Å². The molecule has 1 fully saturated rings. The zero-order valence-corrected chi connectivity index (χ0v) is 17.0. The average molecular weight is 410 g/mol. The molecule has 1 saturated carbocycles. The summed E-state index contributed by atoms with van der Waals surface area (Å²) in [5.74, 6) is 1.46. The fraction of sp³-hybridized carbons (Fsp3) is 0.455. The third-order valence-corrected chi connectivity index (χ3v) is 6.15. The molecular formula is C22H26N4O4. The predicted molar refractivity (Wildman–Crippen MR) is 111 cm³/mol. The van der Waals surface area contributed by atoms with Crippen LogP contribution in [0.1, 0.15) is 30.6 Å². The van der Waals surface area contributed by atoms with Gasteiger partial charge in [-0.15, -0.1) is 0 Å². The zero-order chi connectivity index (χ0) is 20.8. The zero-order valence-electron chi connectivity index (χ0n) is 17.0. The van der Waals surface area contributed by atoms with E-state index in [2.05, 4.69) is 22.2 Å². The highest BCUT2D eigenvalue weighted by atomic mass is 16.5. The van der Waals surface area contributed by atoms with Crippen molar-refractivity contribution < 1.29 is 19.7 Å². The van der Waals surface area contributed by atoms with Gasteiger partial charge in [-0.3, -0.25) is 0 Å². The molecule has 8 heteroatoms. The lowest BCUT2D eigenvalue weighted by Crippen LogP contribution is -2.34. The fourth-order valence-corrected chi connectivity index (χ4v) is 4.40. The summed E-state index contributed by atoms with van der Waals surface area (Å²) in [4.78, 5) is 8.61. The third-order valence-electron chi connectivity index (χ3n) is 6.15. The van der Waals surface area contributed by atoms with Gasteiger partial charge in [0, 0.05) is 36.2 Å². The molecular weight excluding hydrogens is 384 g/mol. The summed E-state index contributed by atoms with van der Waals surface area (Å²) in [5.41, 5.74) is 2.56. The van der Waals surface area contributed by atoms with Crippen molar-refractivity contribution in [1.29, 1.82) is 0 Å². The van der Waals surface area contributed by atoms with E-state index < -0.39 is 18.3 Å². The Balaban J connectivity index is 1.42. The summed E-state index contributed by atoms with van der Waals surface area (Å²) in [6.45, 7) is 5.21. The highest BCUT2D eigenvalue weighted by Crippen LogP contribution is 2.38. The number of nitrogens with zero attached hydrogens (tertiary/aromatic N) is 3. The van der Waals surface area contributed by atoms with Crippen LogP contribution in [0.4, 0.5) is 0 Å². The van der Waals surface area contributed by atoms with Crippen LogP contribution in [0.3, 0.4) is 0 Å². The first-order valence-corrected chi connectivity index (χ1v) is 10.3. The van der Waals surface area contributed by atoms with Gasteiger partial charge < -0.3 is 29.6 Å². The maximum atomic E-state index is 10.8. The molecule has 0 bridgehead atoms. The van der Waals surface area contributed by atoms with Gasteiger partial charge in [0.05, 0.1) is 11.7 Å². The first kappa shape index (κ1) is 19.3. The Labute approximate surface area is 174 Å². The van der Waals surface area contributed by atoms with Gasteiger partial charge in [-0.05, 0) is 32.0 Å². The third kappa shape index (κ3) is 3.21. The summed E-state index contributed by atoms with van der Waals surface area (Å²) >= 11 is 0. The van der Waals surface area contributed by atoms with Gasteiger partial charge in [0.2, 0.25) is 0 Å². The van der Waals surface area contributed by atoms with Gasteiger partial charge in [0.1, 0.15) is 48.4 Å². The molecule has 3 heterocycles. The van der Waals surface area contributed by atoms with E-state index in [9.17, 15) is 10.2 Å². The molecule has 0 amide bonds. The van der Waals surface area contributed by atoms with Gasteiger partial charge in [-0.1, -0.05) is 6.07 Å². The van der Waals surface area contributed by atoms with E-state index in [0.717, 1.165) is 28.0 Å². The molecule has 0 radical (unpaired) electrons. The van der Waals surface area contributed by atoms with E-state index in [0.29, 0.717) is 25.3 Å². The number of benzene rings is 1. The molecule has 0 saturated heterocycles. The first-order valence-electron chi connectivity index (χ1n) is 10.3. The molecule has 3 N–H and O–H groups in total. The molecule has 1 aliphatic heterocycles. The van der Waals surface area contributed by atoms with Gasteiger partial charge >= 0.3 is 0 Å². The monoisotopic (exact) mass is 410 g/mol. The van der Waals surface area contributed by atoms with Crippen molar-refractivity contribution in [2.24, 2.45) is 0 Å². The number of aliphatic hydroxyl groups excluding tert-OH is 2. The van der Waals surface area contributed by atoms with Crippen molar-refractivity contribution in [3.63, 3.8) is 0 Å². The molecule has 2 aliphatic rings. The van der Waals surface area contributed by atoms with Crippen LogP contribution < -0.4 is 14.8 Å². The minimum atomic E-state index is -1.01. The van der Waals surface area contributed by atoms with Gasteiger partial charge in [0.25, 0.3) is 0 Å². The second-order valence-corrected chi connectivity index (χ2v) is 8.19. The van der Waals surface area contributed by atoms with Crippen molar-refractivity contribution in [1.82, 2.24) is 19.9 Å². The van der Waals surface area contributed by atoms with Crippen LogP contribution in [0.5, 0.6) is 11.5 Å². The number of fused-ring (bicyclic) bond motifs is 2. The highest BCUT2D eigenvalue weighted by Gasteiger charge is 2.44. The Morgan fingerprint density at radius 1 is 1.20 bits per heavy atom. The number of hydrogen-bond acceptors (Lipinski definition) is 7. The minimum Gasteiger partial charge on any atom is -0.491 e. The van der Waals surface area contributed by atoms with Crippen molar-refractivity contribution in [2.45, 2.75) is 57.2 Å². The lowest BCUT2D eigenvalue weighted by atomic mass is 10.1.